The van der Waals surface area contributed by atoms with Gasteiger partial charge in [-0.25, -0.2) is 0 Å². The first-order valence-electron chi connectivity index (χ1n) is 5.33. The molecule has 2 aromatic rings. The minimum atomic E-state index is -4.57. The van der Waals surface area contributed by atoms with Crippen LogP contribution in [0.1, 0.15) is 5.69 Å². The summed E-state index contributed by atoms with van der Waals surface area (Å²) < 4.78 is 43.5. The van der Waals surface area contributed by atoms with E-state index in [1.165, 1.54) is 0 Å². The summed E-state index contributed by atoms with van der Waals surface area (Å²) in [6.45, 7) is 0. The van der Waals surface area contributed by atoms with Gasteiger partial charge in [-0.3, -0.25) is 14.8 Å². The number of rotatable bonds is 3. The second-order valence-corrected chi connectivity index (χ2v) is 4.29. The third-order valence-corrected chi connectivity index (χ3v) is 2.69. The molecule has 0 saturated heterocycles. The standard InChI is InChI=1S/C11H6ClF3N3O3/c1-17-9(11(13,14)15)5-10(16-17)21-6-2-3-8(18(19)20)7(12)4-6/h2,4-5H,1H3. The molecule has 6 nitrogen and oxygen atoms in total. The minimum absolute atomic E-state index is 0.0163. The van der Waals surface area contributed by atoms with Crippen molar-refractivity contribution in [3.63, 3.8) is 0 Å². The number of nitro benzene ring substituents is 1. The summed E-state index contributed by atoms with van der Waals surface area (Å²) in [6.07, 6.45) is -4.57. The van der Waals surface area contributed by atoms with Crippen LogP contribution >= 0.6 is 11.6 Å². The number of ether oxygens (including phenoxy) is 1. The number of aryl methyl sites for hydroxylation is 1. The van der Waals surface area contributed by atoms with Gasteiger partial charge in [0.1, 0.15) is 16.5 Å². The first-order valence-corrected chi connectivity index (χ1v) is 5.71. The smallest absolute Gasteiger partial charge is 0.433 e. The number of hydrogen-bond acceptors (Lipinski definition) is 4. The number of benzene rings is 1. The quantitative estimate of drug-likeness (QED) is 0.640. The van der Waals surface area contributed by atoms with Crippen LogP contribution in [0.15, 0.2) is 18.2 Å². The van der Waals surface area contributed by atoms with Crippen LogP contribution in [0, 0.1) is 16.2 Å². The lowest BCUT2D eigenvalue weighted by atomic mass is 10.3. The first kappa shape index (κ1) is 15.1. The highest BCUT2D eigenvalue weighted by Crippen LogP contribution is 2.34. The Morgan fingerprint density at radius 3 is 2.62 bits per heavy atom. The summed E-state index contributed by atoms with van der Waals surface area (Å²) in [5.41, 5.74) is -1.45. The number of alkyl halides is 3. The van der Waals surface area contributed by atoms with Gasteiger partial charge < -0.3 is 4.74 Å². The molecule has 0 aliphatic rings. The molecule has 10 heteroatoms. The highest BCUT2D eigenvalue weighted by Gasteiger charge is 2.35. The molecule has 21 heavy (non-hydrogen) atoms. The number of nitrogens with zero attached hydrogens (tertiary/aromatic N) is 3. The van der Waals surface area contributed by atoms with Gasteiger partial charge in [-0.05, 0) is 6.07 Å². The average molecular weight is 321 g/mol. The highest BCUT2D eigenvalue weighted by atomic mass is 35.5. The molecule has 111 valence electrons. The summed E-state index contributed by atoms with van der Waals surface area (Å²) in [7, 11) is 1.12. The second kappa shape index (κ2) is 5.24. The van der Waals surface area contributed by atoms with E-state index in [0.717, 1.165) is 19.2 Å². The summed E-state index contributed by atoms with van der Waals surface area (Å²) in [6, 6.07) is 5.15. The fourth-order valence-electron chi connectivity index (χ4n) is 1.52. The van der Waals surface area contributed by atoms with Crippen LogP contribution in [0.3, 0.4) is 0 Å². The molecule has 0 unspecified atom stereocenters. The Bertz CT molecular complexity index is 700. The van der Waals surface area contributed by atoms with Gasteiger partial charge in [0.25, 0.3) is 5.69 Å². The van der Waals surface area contributed by atoms with Crippen molar-refractivity contribution in [3.8, 4) is 11.6 Å². The third-order valence-electron chi connectivity index (χ3n) is 2.40. The van der Waals surface area contributed by atoms with Crippen molar-refractivity contribution in [1.82, 2.24) is 9.78 Å². The Labute approximate surface area is 120 Å². The predicted octanol–water partition coefficient (Wildman–Crippen LogP) is 3.59. The predicted molar refractivity (Wildman–Crippen MR) is 65.2 cm³/mol. The molecule has 0 bridgehead atoms. The molecule has 1 radical (unpaired) electrons. The molecule has 0 amide bonds. The maximum absolute atomic E-state index is 12.6. The van der Waals surface area contributed by atoms with Crippen LogP contribution in [0.2, 0.25) is 5.02 Å². The number of halogens is 4. The zero-order chi connectivity index (χ0) is 15.8. The molecule has 1 heterocycles. The van der Waals surface area contributed by atoms with Crippen LogP contribution in [0.4, 0.5) is 18.9 Å². The number of hydrogen-bond donors (Lipinski definition) is 0. The van der Waals surface area contributed by atoms with Crippen LogP contribution in [-0.2, 0) is 13.2 Å². The van der Waals surface area contributed by atoms with Gasteiger partial charge in [0.05, 0.1) is 11.0 Å². The molecule has 1 aromatic carbocycles. The van der Waals surface area contributed by atoms with E-state index in [1.807, 2.05) is 0 Å². The number of aromatic nitrogens is 2. The van der Waals surface area contributed by atoms with Crippen molar-refractivity contribution in [2.45, 2.75) is 6.18 Å². The van der Waals surface area contributed by atoms with Gasteiger partial charge in [0, 0.05) is 19.2 Å². The zero-order valence-corrected chi connectivity index (χ0v) is 11.1. The third kappa shape index (κ3) is 3.24. The molecule has 0 fully saturated rings. The lowest BCUT2D eigenvalue weighted by Crippen LogP contribution is -2.11. The fraction of sp³-hybridized carbons (Fsp3) is 0.182. The van der Waals surface area contributed by atoms with Crippen LogP contribution in [-0.4, -0.2) is 14.7 Å². The summed E-state index contributed by atoms with van der Waals surface area (Å²) in [4.78, 5) is 9.82. The molecular formula is C11H6ClF3N3O3. The molecule has 0 spiro atoms. The van der Waals surface area contributed by atoms with E-state index < -0.39 is 22.5 Å². The average Bonchev–Trinajstić information content (AvgIpc) is 2.69. The van der Waals surface area contributed by atoms with Crippen LogP contribution < -0.4 is 4.74 Å². The Kier molecular flexibility index (Phi) is 3.77. The molecule has 1 aromatic heterocycles. The van der Waals surface area contributed by atoms with Crippen molar-refractivity contribution >= 4 is 17.3 Å². The largest absolute Gasteiger partial charge is 0.437 e. The van der Waals surface area contributed by atoms with Gasteiger partial charge >= 0.3 is 6.18 Å². The Hall–Kier alpha value is -2.29. The molecule has 2 rings (SSSR count). The second-order valence-electron chi connectivity index (χ2n) is 3.88. The number of nitro groups is 1. The fourth-order valence-corrected chi connectivity index (χ4v) is 1.75. The Morgan fingerprint density at radius 2 is 2.14 bits per heavy atom. The van der Waals surface area contributed by atoms with E-state index in [2.05, 4.69) is 11.2 Å². The van der Waals surface area contributed by atoms with Gasteiger partial charge in [-0.1, -0.05) is 11.6 Å². The summed E-state index contributed by atoms with van der Waals surface area (Å²) in [5.74, 6) is -0.333. The Morgan fingerprint density at radius 1 is 1.48 bits per heavy atom. The van der Waals surface area contributed by atoms with Crippen molar-refractivity contribution in [3.05, 3.63) is 45.1 Å². The Balaban J connectivity index is 2.27. The van der Waals surface area contributed by atoms with Crippen LogP contribution in [0.5, 0.6) is 11.6 Å². The summed E-state index contributed by atoms with van der Waals surface area (Å²) >= 11 is 5.64. The van der Waals surface area contributed by atoms with E-state index >= 15 is 0 Å². The van der Waals surface area contributed by atoms with Gasteiger partial charge in [-0.15, -0.1) is 5.10 Å². The van der Waals surface area contributed by atoms with E-state index in [4.69, 9.17) is 16.3 Å². The minimum Gasteiger partial charge on any atom is -0.437 e. The molecule has 0 aliphatic heterocycles. The zero-order valence-electron chi connectivity index (χ0n) is 10.3. The topological polar surface area (TPSA) is 70.2 Å². The molecule has 0 saturated carbocycles. The SMILES string of the molecule is Cn1nc(Oc2c[c]c([N+](=O)[O-])c(Cl)c2)cc1C(F)(F)F. The monoisotopic (exact) mass is 320 g/mol. The van der Waals surface area contributed by atoms with Crippen LogP contribution in [0.25, 0.3) is 0 Å². The maximum Gasteiger partial charge on any atom is 0.433 e. The van der Waals surface area contributed by atoms with Gasteiger partial charge in [0.2, 0.25) is 5.88 Å². The maximum atomic E-state index is 12.6. The highest BCUT2D eigenvalue weighted by molar-refractivity contribution is 6.32. The molecule has 0 aliphatic carbocycles. The van der Waals surface area contributed by atoms with Crippen molar-refractivity contribution in [2.24, 2.45) is 7.05 Å². The van der Waals surface area contributed by atoms with Crippen molar-refractivity contribution < 1.29 is 22.8 Å². The van der Waals surface area contributed by atoms with Crippen molar-refractivity contribution in [2.75, 3.05) is 0 Å². The van der Waals surface area contributed by atoms with E-state index in [1.54, 1.807) is 0 Å². The lowest BCUT2D eigenvalue weighted by Gasteiger charge is -2.04. The molecule has 0 atom stereocenters. The lowest BCUT2D eigenvalue weighted by molar-refractivity contribution is -0.385. The van der Waals surface area contributed by atoms with E-state index in [-0.39, 0.29) is 16.7 Å². The summed E-state index contributed by atoms with van der Waals surface area (Å²) in [5, 5.41) is 13.9. The van der Waals surface area contributed by atoms with E-state index in [9.17, 15) is 23.3 Å². The molecular weight excluding hydrogens is 315 g/mol. The van der Waals surface area contributed by atoms with Gasteiger partial charge in [0.15, 0.2) is 0 Å². The van der Waals surface area contributed by atoms with Crippen molar-refractivity contribution in [1.29, 1.82) is 0 Å². The van der Waals surface area contributed by atoms with Gasteiger partial charge in [-0.2, -0.15) is 13.2 Å². The normalized spacial score (nSPS) is 11.5. The first-order chi connectivity index (χ1) is 9.68. The van der Waals surface area contributed by atoms with E-state index in [0.29, 0.717) is 10.7 Å². The molecule has 0 N–H and O–H groups in total.